The molecule has 0 saturated heterocycles. The number of rotatable bonds is 3. The molecule has 0 radical (unpaired) electrons. The van der Waals surface area contributed by atoms with Gasteiger partial charge in [-0.15, -0.1) is 11.3 Å². The van der Waals surface area contributed by atoms with Gasteiger partial charge in [0.15, 0.2) is 11.6 Å². The maximum absolute atomic E-state index is 13.2. The maximum Gasteiger partial charge on any atom is 0.229 e. The second-order valence-corrected chi connectivity index (χ2v) is 4.26. The van der Waals surface area contributed by atoms with E-state index in [0.29, 0.717) is 0 Å². The predicted molar refractivity (Wildman–Crippen MR) is 60.8 cm³/mol. The lowest BCUT2D eigenvalue weighted by Crippen LogP contribution is -2.15. The van der Waals surface area contributed by atoms with Crippen LogP contribution in [-0.4, -0.2) is 10.9 Å². The number of nitrogens with zero attached hydrogens (tertiary/aromatic N) is 1. The summed E-state index contributed by atoms with van der Waals surface area (Å²) in [4.78, 5) is 16.1. The Morgan fingerprint density at radius 2 is 2.24 bits per heavy atom. The molecule has 0 saturated carbocycles. The summed E-state index contributed by atoms with van der Waals surface area (Å²) in [5.74, 6) is -2.44. The maximum atomic E-state index is 13.2. The Balaban J connectivity index is 2.06. The minimum absolute atomic E-state index is 0.0978. The largest absolute Gasteiger partial charge is 0.323 e. The second kappa shape index (κ2) is 5.01. The highest BCUT2D eigenvalue weighted by Gasteiger charge is 2.11. The van der Waals surface area contributed by atoms with Crippen LogP contribution in [0.5, 0.6) is 0 Å². The van der Waals surface area contributed by atoms with Crippen LogP contribution in [0, 0.1) is 11.6 Å². The molecule has 3 nitrogen and oxygen atoms in total. The smallest absolute Gasteiger partial charge is 0.229 e. The summed E-state index contributed by atoms with van der Waals surface area (Å²) >= 11 is 1.33. The van der Waals surface area contributed by atoms with Crippen molar-refractivity contribution in [2.45, 2.75) is 6.42 Å². The van der Waals surface area contributed by atoms with Crippen LogP contribution in [0.2, 0.25) is 0 Å². The fraction of sp³-hybridized carbons (Fsp3) is 0.0909. The fourth-order valence-electron chi connectivity index (χ4n) is 1.28. The standard InChI is InChI=1S/C11H8F2N2OS/c12-8-2-1-3-9(11(8)13)15-10(16)4-7-5-14-6-17-7/h1-3,5-6H,4H2,(H,15,16). The molecule has 0 aliphatic heterocycles. The van der Waals surface area contributed by atoms with Crippen molar-refractivity contribution in [2.75, 3.05) is 5.32 Å². The van der Waals surface area contributed by atoms with Crippen molar-refractivity contribution >= 4 is 22.9 Å². The van der Waals surface area contributed by atoms with Crippen LogP contribution in [0.3, 0.4) is 0 Å². The van der Waals surface area contributed by atoms with E-state index in [9.17, 15) is 13.6 Å². The molecule has 0 bridgehead atoms. The van der Waals surface area contributed by atoms with E-state index in [0.717, 1.165) is 10.9 Å². The Hall–Kier alpha value is -1.82. The Labute approximate surface area is 100 Å². The number of carbonyl (C=O) groups excluding carboxylic acids is 1. The number of nitrogens with one attached hydrogen (secondary N) is 1. The molecule has 2 rings (SSSR count). The average Bonchev–Trinajstić information content (AvgIpc) is 2.77. The summed E-state index contributed by atoms with van der Waals surface area (Å²) in [5.41, 5.74) is 1.45. The summed E-state index contributed by atoms with van der Waals surface area (Å²) in [6.45, 7) is 0. The minimum atomic E-state index is -1.05. The quantitative estimate of drug-likeness (QED) is 0.914. The van der Waals surface area contributed by atoms with E-state index in [1.807, 2.05) is 0 Å². The first-order valence-electron chi connectivity index (χ1n) is 4.78. The van der Waals surface area contributed by atoms with Crippen molar-refractivity contribution < 1.29 is 13.6 Å². The highest BCUT2D eigenvalue weighted by Crippen LogP contribution is 2.17. The lowest BCUT2D eigenvalue weighted by atomic mass is 10.2. The Bertz CT molecular complexity index is 528. The number of hydrogen-bond acceptors (Lipinski definition) is 3. The molecular weight excluding hydrogens is 246 g/mol. The van der Waals surface area contributed by atoms with Crippen molar-refractivity contribution in [1.29, 1.82) is 0 Å². The first-order chi connectivity index (χ1) is 8.16. The predicted octanol–water partition coefficient (Wildman–Crippen LogP) is 2.60. The molecule has 0 fully saturated rings. The molecule has 0 atom stereocenters. The van der Waals surface area contributed by atoms with Crippen molar-refractivity contribution in [3.05, 3.63) is 46.4 Å². The summed E-state index contributed by atoms with van der Waals surface area (Å²) in [6, 6.07) is 3.64. The lowest BCUT2D eigenvalue weighted by Gasteiger charge is -2.05. The van der Waals surface area contributed by atoms with E-state index >= 15 is 0 Å². The van der Waals surface area contributed by atoms with Gasteiger partial charge >= 0.3 is 0 Å². The average molecular weight is 254 g/mol. The van der Waals surface area contributed by atoms with Crippen LogP contribution >= 0.6 is 11.3 Å². The number of benzene rings is 1. The summed E-state index contributed by atoms with van der Waals surface area (Å²) in [6.07, 6.45) is 1.66. The summed E-state index contributed by atoms with van der Waals surface area (Å²) in [7, 11) is 0. The van der Waals surface area contributed by atoms with Gasteiger partial charge in [0.2, 0.25) is 5.91 Å². The molecule has 0 spiro atoms. The Morgan fingerprint density at radius 1 is 1.41 bits per heavy atom. The van der Waals surface area contributed by atoms with Gasteiger partial charge in [0.05, 0.1) is 17.6 Å². The topological polar surface area (TPSA) is 42.0 Å². The zero-order chi connectivity index (χ0) is 12.3. The number of carbonyl (C=O) groups is 1. The van der Waals surface area contributed by atoms with E-state index in [-0.39, 0.29) is 12.1 Å². The third-order valence-corrected chi connectivity index (χ3v) is 2.82. The van der Waals surface area contributed by atoms with Gasteiger partial charge in [0.1, 0.15) is 0 Å². The molecule has 1 aromatic heterocycles. The number of anilines is 1. The van der Waals surface area contributed by atoms with Crippen molar-refractivity contribution in [1.82, 2.24) is 4.98 Å². The third kappa shape index (κ3) is 2.85. The van der Waals surface area contributed by atoms with Gasteiger partial charge in [-0.25, -0.2) is 8.78 Å². The third-order valence-electron chi connectivity index (χ3n) is 2.04. The van der Waals surface area contributed by atoms with Crippen LogP contribution in [-0.2, 0) is 11.2 Å². The molecule has 1 aromatic carbocycles. The van der Waals surface area contributed by atoms with E-state index in [2.05, 4.69) is 10.3 Å². The monoisotopic (exact) mass is 254 g/mol. The van der Waals surface area contributed by atoms with E-state index < -0.39 is 17.5 Å². The van der Waals surface area contributed by atoms with Crippen LogP contribution in [0.15, 0.2) is 29.9 Å². The van der Waals surface area contributed by atoms with E-state index in [1.54, 1.807) is 11.7 Å². The van der Waals surface area contributed by atoms with Crippen molar-refractivity contribution in [2.24, 2.45) is 0 Å². The molecule has 1 heterocycles. The van der Waals surface area contributed by atoms with Gasteiger partial charge in [-0.1, -0.05) is 6.07 Å². The van der Waals surface area contributed by atoms with Gasteiger partial charge in [0.25, 0.3) is 0 Å². The van der Waals surface area contributed by atoms with Crippen LogP contribution < -0.4 is 5.32 Å². The SMILES string of the molecule is O=C(Cc1cncs1)Nc1cccc(F)c1F. The molecule has 0 unspecified atom stereocenters. The number of amides is 1. The highest BCUT2D eigenvalue weighted by molar-refractivity contribution is 7.09. The molecule has 1 N–H and O–H groups in total. The molecule has 1 amide bonds. The van der Waals surface area contributed by atoms with Crippen LogP contribution in [0.4, 0.5) is 14.5 Å². The van der Waals surface area contributed by atoms with Gasteiger partial charge in [-0.2, -0.15) is 0 Å². The van der Waals surface area contributed by atoms with Gasteiger partial charge < -0.3 is 5.32 Å². The molecule has 2 aromatic rings. The van der Waals surface area contributed by atoms with Crippen molar-refractivity contribution in [3.63, 3.8) is 0 Å². The molecule has 0 aliphatic carbocycles. The van der Waals surface area contributed by atoms with Crippen LogP contribution in [0.1, 0.15) is 4.88 Å². The first kappa shape index (κ1) is 11.7. The lowest BCUT2D eigenvalue weighted by molar-refractivity contribution is -0.115. The number of thiazole rings is 1. The zero-order valence-electron chi connectivity index (χ0n) is 8.61. The summed E-state index contributed by atoms with van der Waals surface area (Å²) in [5, 5.41) is 2.31. The van der Waals surface area contributed by atoms with Gasteiger partial charge in [-0.3, -0.25) is 9.78 Å². The molecule has 0 aliphatic rings. The number of halogens is 2. The Morgan fingerprint density at radius 3 is 2.94 bits per heavy atom. The molecular formula is C11H8F2N2OS. The molecule has 6 heteroatoms. The minimum Gasteiger partial charge on any atom is -0.323 e. The normalized spacial score (nSPS) is 10.2. The van der Waals surface area contributed by atoms with Crippen LogP contribution in [0.25, 0.3) is 0 Å². The van der Waals surface area contributed by atoms with Crippen molar-refractivity contribution in [3.8, 4) is 0 Å². The van der Waals surface area contributed by atoms with E-state index in [4.69, 9.17) is 0 Å². The fourth-order valence-corrected chi connectivity index (χ4v) is 1.88. The second-order valence-electron chi connectivity index (χ2n) is 3.29. The highest BCUT2D eigenvalue weighted by atomic mass is 32.1. The molecule has 88 valence electrons. The molecule has 17 heavy (non-hydrogen) atoms. The summed E-state index contributed by atoms with van der Waals surface area (Å²) < 4.78 is 26.1. The Kier molecular flexibility index (Phi) is 3.43. The van der Waals surface area contributed by atoms with Gasteiger partial charge in [-0.05, 0) is 12.1 Å². The number of hydrogen-bond donors (Lipinski definition) is 1. The number of aromatic nitrogens is 1. The van der Waals surface area contributed by atoms with Gasteiger partial charge in [0, 0.05) is 11.1 Å². The zero-order valence-corrected chi connectivity index (χ0v) is 9.43. The van der Waals surface area contributed by atoms with E-state index in [1.165, 1.54) is 23.5 Å². The first-order valence-corrected chi connectivity index (χ1v) is 5.66.